The van der Waals surface area contributed by atoms with Crippen molar-refractivity contribution in [2.24, 2.45) is 0 Å². The second-order valence-electron chi connectivity index (χ2n) is 4.73. The molecule has 8 heteroatoms. The van der Waals surface area contributed by atoms with E-state index in [1.807, 2.05) is 6.26 Å². The summed E-state index contributed by atoms with van der Waals surface area (Å²) in [4.78, 5) is 13.2. The highest BCUT2D eigenvalue weighted by atomic mass is 35.5. The minimum absolute atomic E-state index is 0.00841. The zero-order chi connectivity index (χ0) is 17.7. The van der Waals surface area contributed by atoms with Gasteiger partial charge in [-0.15, -0.1) is 11.8 Å². The molecule has 0 aliphatic rings. The van der Waals surface area contributed by atoms with Crippen LogP contribution in [0.2, 0.25) is 5.02 Å². The van der Waals surface area contributed by atoms with Crippen LogP contribution in [0.4, 0.5) is 18.9 Å². The lowest BCUT2D eigenvalue weighted by atomic mass is 10.2. The number of rotatable bonds is 5. The Hall–Kier alpha value is -1.86. The SMILES string of the molecule is CSc1ccc(Cl)c(C(=O)Nc2cccc(OCC(F)(F)F)c2)c1. The molecule has 2 aromatic carbocycles. The topological polar surface area (TPSA) is 38.3 Å². The maximum Gasteiger partial charge on any atom is 0.422 e. The molecular weight excluding hydrogens is 363 g/mol. The molecule has 2 rings (SSSR count). The van der Waals surface area contributed by atoms with Crippen LogP contribution in [0.1, 0.15) is 10.4 Å². The van der Waals surface area contributed by atoms with Crippen molar-refractivity contribution >= 4 is 35.0 Å². The van der Waals surface area contributed by atoms with Crippen molar-refractivity contribution in [2.75, 3.05) is 18.2 Å². The number of carbonyl (C=O) groups is 1. The molecule has 0 aliphatic carbocycles. The Bertz CT molecular complexity index is 738. The lowest BCUT2D eigenvalue weighted by molar-refractivity contribution is -0.153. The fraction of sp³-hybridized carbons (Fsp3) is 0.188. The molecule has 0 aliphatic heterocycles. The largest absolute Gasteiger partial charge is 0.484 e. The quantitative estimate of drug-likeness (QED) is 0.725. The Balaban J connectivity index is 2.12. The molecule has 0 bridgehead atoms. The standard InChI is InChI=1S/C16H13ClF3NO2S/c1-24-12-5-6-14(17)13(8-12)15(22)21-10-3-2-4-11(7-10)23-9-16(18,19)20/h2-8H,9H2,1H3,(H,21,22). The van der Waals surface area contributed by atoms with Gasteiger partial charge in [-0.05, 0) is 36.6 Å². The third kappa shape index (κ3) is 5.35. The molecule has 2 aromatic rings. The lowest BCUT2D eigenvalue weighted by Crippen LogP contribution is -2.19. The maximum absolute atomic E-state index is 12.3. The number of nitrogens with one attached hydrogen (secondary N) is 1. The predicted octanol–water partition coefficient (Wildman–Crippen LogP) is 5.26. The minimum Gasteiger partial charge on any atom is -0.484 e. The molecule has 24 heavy (non-hydrogen) atoms. The fourth-order valence-electron chi connectivity index (χ4n) is 1.83. The molecule has 1 N–H and O–H groups in total. The Morgan fingerprint density at radius 1 is 1.25 bits per heavy atom. The molecule has 0 unspecified atom stereocenters. The third-order valence-electron chi connectivity index (χ3n) is 2.91. The van der Waals surface area contributed by atoms with Gasteiger partial charge in [0, 0.05) is 16.6 Å². The summed E-state index contributed by atoms with van der Waals surface area (Å²) in [6.45, 7) is -1.40. The summed E-state index contributed by atoms with van der Waals surface area (Å²) in [5.74, 6) is -0.446. The highest BCUT2D eigenvalue weighted by molar-refractivity contribution is 7.98. The zero-order valence-electron chi connectivity index (χ0n) is 12.5. The van der Waals surface area contributed by atoms with E-state index in [0.29, 0.717) is 5.69 Å². The third-order valence-corrected chi connectivity index (χ3v) is 3.97. The van der Waals surface area contributed by atoms with Crippen LogP contribution in [0, 0.1) is 0 Å². The summed E-state index contributed by atoms with van der Waals surface area (Å²) in [6.07, 6.45) is -2.56. The summed E-state index contributed by atoms with van der Waals surface area (Å²) in [7, 11) is 0. The van der Waals surface area contributed by atoms with Crippen LogP contribution in [-0.2, 0) is 0 Å². The van der Waals surface area contributed by atoms with Crippen LogP contribution in [0.15, 0.2) is 47.4 Å². The highest BCUT2D eigenvalue weighted by Gasteiger charge is 2.28. The number of ether oxygens (including phenoxy) is 1. The number of alkyl halides is 3. The first-order chi connectivity index (χ1) is 11.3. The Morgan fingerprint density at radius 3 is 2.67 bits per heavy atom. The molecule has 0 radical (unpaired) electrons. The Labute approximate surface area is 146 Å². The molecule has 0 fully saturated rings. The number of benzene rings is 2. The average Bonchev–Trinajstić information content (AvgIpc) is 2.53. The second-order valence-corrected chi connectivity index (χ2v) is 6.02. The molecule has 0 saturated heterocycles. The monoisotopic (exact) mass is 375 g/mol. The predicted molar refractivity (Wildman–Crippen MR) is 89.2 cm³/mol. The van der Waals surface area contributed by atoms with Gasteiger partial charge in [0.25, 0.3) is 5.91 Å². The van der Waals surface area contributed by atoms with E-state index in [1.54, 1.807) is 24.3 Å². The first-order valence-electron chi connectivity index (χ1n) is 6.73. The van der Waals surface area contributed by atoms with E-state index in [0.717, 1.165) is 4.90 Å². The fourth-order valence-corrected chi connectivity index (χ4v) is 2.48. The van der Waals surface area contributed by atoms with Gasteiger partial charge < -0.3 is 10.1 Å². The van der Waals surface area contributed by atoms with Crippen LogP contribution in [0.25, 0.3) is 0 Å². The zero-order valence-corrected chi connectivity index (χ0v) is 14.1. The van der Waals surface area contributed by atoms with Crippen molar-refractivity contribution < 1.29 is 22.7 Å². The number of hydrogen-bond donors (Lipinski definition) is 1. The van der Waals surface area contributed by atoms with Crippen molar-refractivity contribution in [1.29, 1.82) is 0 Å². The molecule has 0 spiro atoms. The van der Waals surface area contributed by atoms with Crippen molar-refractivity contribution in [3.63, 3.8) is 0 Å². The number of carbonyl (C=O) groups excluding carboxylic acids is 1. The highest BCUT2D eigenvalue weighted by Crippen LogP contribution is 2.25. The summed E-state index contributed by atoms with van der Waals surface area (Å²) in [6, 6.07) is 10.8. The van der Waals surface area contributed by atoms with Crippen molar-refractivity contribution in [1.82, 2.24) is 0 Å². The van der Waals surface area contributed by atoms with E-state index in [9.17, 15) is 18.0 Å². The van der Waals surface area contributed by atoms with Gasteiger partial charge in [-0.3, -0.25) is 4.79 Å². The summed E-state index contributed by atoms with van der Waals surface area (Å²) >= 11 is 7.49. The van der Waals surface area contributed by atoms with Gasteiger partial charge in [-0.1, -0.05) is 17.7 Å². The van der Waals surface area contributed by atoms with Crippen molar-refractivity contribution in [3.05, 3.63) is 53.1 Å². The van der Waals surface area contributed by atoms with Gasteiger partial charge in [0.1, 0.15) is 5.75 Å². The summed E-state index contributed by atoms with van der Waals surface area (Å²) in [5.41, 5.74) is 0.593. The van der Waals surface area contributed by atoms with Crippen LogP contribution in [0.5, 0.6) is 5.75 Å². The Kier molecular flexibility index (Phi) is 6.01. The van der Waals surface area contributed by atoms with Crippen LogP contribution in [0.3, 0.4) is 0 Å². The van der Waals surface area contributed by atoms with E-state index in [4.69, 9.17) is 11.6 Å². The minimum atomic E-state index is -4.43. The number of thioether (sulfide) groups is 1. The molecule has 0 heterocycles. The van der Waals surface area contributed by atoms with Crippen LogP contribution < -0.4 is 10.1 Å². The molecular formula is C16H13ClF3NO2S. The summed E-state index contributed by atoms with van der Waals surface area (Å²) < 4.78 is 41.2. The molecule has 0 atom stereocenters. The van der Waals surface area contributed by atoms with E-state index in [1.165, 1.54) is 30.0 Å². The Morgan fingerprint density at radius 2 is 2.00 bits per heavy atom. The molecule has 3 nitrogen and oxygen atoms in total. The van der Waals surface area contributed by atoms with E-state index < -0.39 is 18.7 Å². The van der Waals surface area contributed by atoms with Crippen LogP contribution in [-0.4, -0.2) is 24.9 Å². The van der Waals surface area contributed by atoms with Gasteiger partial charge >= 0.3 is 6.18 Å². The maximum atomic E-state index is 12.3. The second kappa shape index (κ2) is 7.81. The van der Waals surface area contributed by atoms with Gasteiger partial charge in [-0.25, -0.2) is 0 Å². The smallest absolute Gasteiger partial charge is 0.422 e. The summed E-state index contributed by atoms with van der Waals surface area (Å²) in [5, 5.41) is 2.88. The van der Waals surface area contributed by atoms with Gasteiger partial charge in [0.05, 0.1) is 10.6 Å². The molecule has 0 saturated carbocycles. The number of amides is 1. The number of anilines is 1. The van der Waals surface area contributed by atoms with Gasteiger partial charge in [0.15, 0.2) is 6.61 Å². The molecule has 128 valence electrons. The van der Waals surface area contributed by atoms with Gasteiger partial charge in [-0.2, -0.15) is 13.2 Å². The van der Waals surface area contributed by atoms with Crippen LogP contribution >= 0.6 is 23.4 Å². The van der Waals surface area contributed by atoms with E-state index in [2.05, 4.69) is 10.1 Å². The number of hydrogen-bond acceptors (Lipinski definition) is 3. The normalized spacial score (nSPS) is 11.2. The average molecular weight is 376 g/mol. The van der Waals surface area contributed by atoms with E-state index >= 15 is 0 Å². The molecule has 1 amide bonds. The van der Waals surface area contributed by atoms with E-state index in [-0.39, 0.29) is 16.3 Å². The van der Waals surface area contributed by atoms with Crippen molar-refractivity contribution in [2.45, 2.75) is 11.1 Å². The first-order valence-corrected chi connectivity index (χ1v) is 8.33. The van der Waals surface area contributed by atoms with Gasteiger partial charge in [0.2, 0.25) is 0 Å². The lowest BCUT2D eigenvalue weighted by Gasteiger charge is -2.11. The first kappa shape index (κ1) is 18.5. The number of halogens is 4. The van der Waals surface area contributed by atoms with Crippen molar-refractivity contribution in [3.8, 4) is 5.75 Å². The molecule has 0 aromatic heterocycles.